The number of nitrogens with zero attached hydrogens (tertiary/aromatic N) is 1. The molecular weight excluding hydrogens is 424 g/mol. The van der Waals surface area contributed by atoms with E-state index in [9.17, 15) is 9.59 Å². The third-order valence-electron chi connectivity index (χ3n) is 8.68. The molecule has 180 valence electrons. The zero-order valence-electron chi connectivity index (χ0n) is 20.8. The Balaban J connectivity index is 1.56. The highest BCUT2D eigenvalue weighted by Gasteiger charge is 2.59. The van der Waals surface area contributed by atoms with E-state index in [4.69, 9.17) is 4.42 Å². The first-order valence-corrected chi connectivity index (χ1v) is 12.8. The number of pyridine rings is 1. The Morgan fingerprint density at radius 3 is 2.71 bits per heavy atom. The zero-order chi connectivity index (χ0) is 24.1. The molecule has 2 fully saturated rings. The van der Waals surface area contributed by atoms with Crippen molar-refractivity contribution in [2.24, 2.45) is 16.7 Å². The molecule has 5 heteroatoms. The summed E-state index contributed by atoms with van der Waals surface area (Å²) in [5.41, 5.74) is 1.87. The Morgan fingerprint density at radius 1 is 1.21 bits per heavy atom. The number of benzene rings is 1. The van der Waals surface area contributed by atoms with E-state index < -0.39 is 0 Å². The van der Waals surface area contributed by atoms with E-state index >= 15 is 0 Å². The smallest absolute Gasteiger partial charge is 0.257 e. The number of hydrogen-bond acceptors (Lipinski definition) is 3. The van der Waals surface area contributed by atoms with Gasteiger partial charge in [-0.2, -0.15) is 0 Å². The normalized spacial score (nSPS) is 25.2. The van der Waals surface area contributed by atoms with Crippen LogP contribution in [0.1, 0.15) is 76.6 Å². The summed E-state index contributed by atoms with van der Waals surface area (Å²) in [6.07, 6.45) is 10.2. The molecule has 0 saturated heterocycles. The van der Waals surface area contributed by atoms with Crippen molar-refractivity contribution in [2.75, 3.05) is 0 Å². The molecule has 2 bridgehead atoms. The Morgan fingerprint density at radius 2 is 2.03 bits per heavy atom. The van der Waals surface area contributed by atoms with Crippen LogP contribution in [0.15, 0.2) is 52.0 Å². The van der Waals surface area contributed by atoms with Gasteiger partial charge in [0.05, 0.1) is 11.8 Å². The lowest BCUT2D eigenvalue weighted by Gasteiger charge is -2.43. The Labute approximate surface area is 201 Å². The number of nitrogens with one attached hydrogen (secondary N) is 1. The van der Waals surface area contributed by atoms with Crippen LogP contribution in [0.25, 0.3) is 22.2 Å². The maximum atomic E-state index is 13.6. The summed E-state index contributed by atoms with van der Waals surface area (Å²) in [4.78, 5) is 27.3. The molecule has 2 aromatic heterocycles. The maximum absolute atomic E-state index is 13.6. The molecule has 0 aliphatic heterocycles. The van der Waals surface area contributed by atoms with Crippen LogP contribution >= 0.6 is 0 Å². The summed E-state index contributed by atoms with van der Waals surface area (Å²) < 4.78 is 7.64. The van der Waals surface area contributed by atoms with Crippen molar-refractivity contribution in [1.82, 2.24) is 9.88 Å². The van der Waals surface area contributed by atoms with E-state index in [2.05, 4.69) is 37.6 Å². The molecule has 1 N–H and O–H groups in total. The van der Waals surface area contributed by atoms with E-state index in [0.29, 0.717) is 17.1 Å². The van der Waals surface area contributed by atoms with Crippen LogP contribution < -0.4 is 10.7 Å². The van der Waals surface area contributed by atoms with Gasteiger partial charge in [-0.15, -0.1) is 0 Å². The summed E-state index contributed by atoms with van der Waals surface area (Å²) in [6.45, 7) is 9.79. The van der Waals surface area contributed by atoms with Crippen molar-refractivity contribution in [2.45, 2.75) is 78.8 Å². The van der Waals surface area contributed by atoms with Gasteiger partial charge < -0.3 is 14.3 Å². The molecule has 0 unspecified atom stereocenters. The van der Waals surface area contributed by atoms with Crippen LogP contribution in [0.2, 0.25) is 0 Å². The van der Waals surface area contributed by atoms with Gasteiger partial charge in [-0.25, -0.2) is 0 Å². The minimum absolute atomic E-state index is 0.0338. The van der Waals surface area contributed by atoms with E-state index in [1.54, 1.807) is 12.5 Å². The number of fused-ring (bicyclic) bond motifs is 3. The molecule has 1 amide bonds. The molecule has 5 nitrogen and oxygen atoms in total. The molecular formula is C29H36N2O3. The van der Waals surface area contributed by atoms with Gasteiger partial charge in [-0.1, -0.05) is 40.5 Å². The number of rotatable bonds is 7. The van der Waals surface area contributed by atoms with Crippen molar-refractivity contribution in [3.8, 4) is 11.3 Å². The number of hydrogen-bond donors (Lipinski definition) is 1. The molecule has 0 spiro atoms. The van der Waals surface area contributed by atoms with Gasteiger partial charge in [0.2, 0.25) is 5.43 Å². The standard InChI is InChI=1S/C29H36N2O3/c1-5-6-7-14-31-18-22(26(33)30-27-28(2,3)20-12-13-29(27,4)17-20)25(32)21-16-19(10-11-23(21)31)24-9-8-15-34-24/h8-11,15-16,18,20,27H,5-7,12-14,17H2,1-4H3,(H,30,33)/t20-,27-,29+/m0/s1. The third-order valence-corrected chi connectivity index (χ3v) is 8.68. The molecule has 0 radical (unpaired) electrons. The molecule has 34 heavy (non-hydrogen) atoms. The number of aromatic nitrogens is 1. The largest absolute Gasteiger partial charge is 0.464 e. The average Bonchev–Trinajstić information content (AvgIpc) is 3.52. The molecule has 2 heterocycles. The molecule has 3 aromatic rings. The van der Waals surface area contributed by atoms with Gasteiger partial charge in [0.1, 0.15) is 11.3 Å². The fourth-order valence-corrected chi connectivity index (χ4v) is 6.74. The van der Waals surface area contributed by atoms with Crippen LogP contribution in [0.5, 0.6) is 0 Å². The third kappa shape index (κ3) is 3.70. The van der Waals surface area contributed by atoms with Gasteiger partial charge in [0.25, 0.3) is 5.91 Å². The second kappa shape index (κ2) is 8.44. The fraction of sp³-hybridized carbons (Fsp3) is 0.517. The quantitative estimate of drug-likeness (QED) is 0.415. The first-order chi connectivity index (χ1) is 16.2. The van der Waals surface area contributed by atoms with Gasteiger partial charge in [-0.05, 0) is 72.8 Å². The van der Waals surface area contributed by atoms with Crippen molar-refractivity contribution in [3.05, 3.63) is 58.6 Å². The summed E-state index contributed by atoms with van der Waals surface area (Å²) in [5, 5.41) is 3.89. The van der Waals surface area contributed by atoms with Crippen LogP contribution in [0.3, 0.4) is 0 Å². The minimum Gasteiger partial charge on any atom is -0.464 e. The zero-order valence-corrected chi connectivity index (χ0v) is 20.8. The number of carbonyl (C=O) groups is 1. The van der Waals surface area contributed by atoms with Gasteiger partial charge >= 0.3 is 0 Å². The van der Waals surface area contributed by atoms with Gasteiger partial charge in [0, 0.05) is 29.7 Å². The molecule has 2 aliphatic rings. The predicted octanol–water partition coefficient (Wildman–Crippen LogP) is 6.40. The topological polar surface area (TPSA) is 64.2 Å². The molecule has 2 saturated carbocycles. The SMILES string of the molecule is CCCCCn1cc(C(=O)N[C@H]2C(C)(C)[C@H]3CC[C@]2(C)C3)c(=O)c2cc(-c3ccco3)ccc21. The summed E-state index contributed by atoms with van der Waals surface area (Å²) >= 11 is 0. The summed E-state index contributed by atoms with van der Waals surface area (Å²) in [6, 6.07) is 9.62. The van der Waals surface area contributed by atoms with Gasteiger partial charge in [-0.3, -0.25) is 9.59 Å². The van der Waals surface area contributed by atoms with Crippen LogP contribution in [0.4, 0.5) is 0 Å². The van der Waals surface area contributed by atoms with Crippen molar-refractivity contribution < 1.29 is 9.21 Å². The number of furan rings is 1. The van der Waals surface area contributed by atoms with Gasteiger partial charge in [0.15, 0.2) is 0 Å². The molecule has 1 aromatic carbocycles. The summed E-state index contributed by atoms with van der Waals surface area (Å²) in [7, 11) is 0. The number of aryl methyl sites for hydroxylation is 1. The van der Waals surface area contributed by atoms with Crippen molar-refractivity contribution in [1.29, 1.82) is 0 Å². The maximum Gasteiger partial charge on any atom is 0.257 e. The average molecular weight is 461 g/mol. The number of carbonyl (C=O) groups excluding carboxylic acids is 1. The Bertz CT molecular complexity index is 1270. The highest BCUT2D eigenvalue weighted by atomic mass is 16.3. The van der Waals surface area contributed by atoms with E-state index in [0.717, 1.165) is 49.7 Å². The monoisotopic (exact) mass is 460 g/mol. The lowest BCUT2D eigenvalue weighted by atomic mass is 9.68. The molecule has 3 atom stereocenters. The minimum atomic E-state index is -0.244. The first kappa shape index (κ1) is 22.9. The molecule has 5 rings (SSSR count). The van der Waals surface area contributed by atoms with Crippen LogP contribution in [0, 0.1) is 16.7 Å². The van der Waals surface area contributed by atoms with E-state index in [1.807, 2.05) is 30.3 Å². The Kier molecular flexibility index (Phi) is 5.70. The highest BCUT2D eigenvalue weighted by molar-refractivity contribution is 5.98. The summed E-state index contributed by atoms with van der Waals surface area (Å²) in [5.74, 6) is 1.10. The fourth-order valence-electron chi connectivity index (χ4n) is 6.74. The Hall–Kier alpha value is -2.82. The predicted molar refractivity (Wildman–Crippen MR) is 136 cm³/mol. The molecule has 2 aliphatic carbocycles. The van der Waals surface area contributed by atoms with E-state index in [-0.39, 0.29) is 33.8 Å². The highest BCUT2D eigenvalue weighted by Crippen LogP contribution is 2.62. The van der Waals surface area contributed by atoms with E-state index in [1.165, 1.54) is 6.42 Å². The second-order valence-corrected chi connectivity index (χ2v) is 11.3. The van der Waals surface area contributed by atoms with Crippen molar-refractivity contribution >= 4 is 16.8 Å². The first-order valence-electron chi connectivity index (χ1n) is 12.8. The number of unbranched alkanes of at least 4 members (excludes halogenated alkanes) is 2. The van der Waals surface area contributed by atoms with Crippen LogP contribution in [-0.4, -0.2) is 16.5 Å². The lowest BCUT2D eigenvalue weighted by molar-refractivity contribution is 0.0736. The second-order valence-electron chi connectivity index (χ2n) is 11.3. The number of amides is 1. The van der Waals surface area contributed by atoms with Crippen molar-refractivity contribution in [3.63, 3.8) is 0 Å². The van der Waals surface area contributed by atoms with Crippen LogP contribution in [-0.2, 0) is 6.54 Å². The lowest BCUT2D eigenvalue weighted by Crippen LogP contribution is -2.53.